The van der Waals surface area contributed by atoms with Crippen LogP contribution in [0.25, 0.3) is 0 Å². The van der Waals surface area contributed by atoms with Crippen molar-refractivity contribution in [3.8, 4) is 0 Å². The zero-order valence-electron chi connectivity index (χ0n) is 12.9. The van der Waals surface area contributed by atoms with Gasteiger partial charge in [0, 0.05) is 19.6 Å². The Morgan fingerprint density at radius 1 is 1.32 bits per heavy atom. The summed E-state index contributed by atoms with van der Waals surface area (Å²) in [6, 6.07) is 7.40. The van der Waals surface area contributed by atoms with Gasteiger partial charge in [-0.15, -0.1) is 12.4 Å². The van der Waals surface area contributed by atoms with E-state index in [-0.39, 0.29) is 24.9 Å². The van der Waals surface area contributed by atoms with Crippen molar-refractivity contribution in [2.75, 3.05) is 36.4 Å². The smallest absolute Gasteiger partial charge is 0.321 e. The lowest BCUT2D eigenvalue weighted by Crippen LogP contribution is -2.47. The van der Waals surface area contributed by atoms with E-state index >= 15 is 0 Å². The highest BCUT2D eigenvalue weighted by molar-refractivity contribution is 5.97. The number of urea groups is 1. The third-order valence-electron chi connectivity index (χ3n) is 3.20. The quantitative estimate of drug-likeness (QED) is 0.789. The summed E-state index contributed by atoms with van der Waals surface area (Å²) < 4.78 is 0. The normalized spacial score (nSPS) is 12.8. The molecule has 0 fully saturated rings. The molecule has 3 amide bonds. The lowest BCUT2D eigenvalue weighted by molar-refractivity contribution is -0.118. The maximum absolute atomic E-state index is 11.9. The first-order valence-corrected chi connectivity index (χ1v) is 7.22. The summed E-state index contributed by atoms with van der Waals surface area (Å²) in [7, 11) is 0. The van der Waals surface area contributed by atoms with Crippen molar-refractivity contribution in [2.24, 2.45) is 5.92 Å². The van der Waals surface area contributed by atoms with Gasteiger partial charge in [-0.1, -0.05) is 26.0 Å². The second kappa shape index (κ2) is 8.48. The molecule has 0 atom stereocenters. The molecule has 1 aromatic rings. The second-order valence-electron chi connectivity index (χ2n) is 5.52. The average Bonchev–Trinajstić information content (AvgIpc) is 2.45. The van der Waals surface area contributed by atoms with Gasteiger partial charge in [0.05, 0.1) is 17.9 Å². The van der Waals surface area contributed by atoms with Gasteiger partial charge in [0.2, 0.25) is 5.91 Å². The Labute approximate surface area is 137 Å². The number of nitrogens with zero attached hydrogens (tertiary/aromatic N) is 1. The number of carbonyl (C=O) groups excluding carboxylic acids is 2. The Balaban J connectivity index is 0.00000242. The fourth-order valence-electron chi connectivity index (χ4n) is 2.19. The van der Waals surface area contributed by atoms with Crippen LogP contribution in [0.2, 0.25) is 0 Å². The zero-order chi connectivity index (χ0) is 15.2. The van der Waals surface area contributed by atoms with E-state index in [9.17, 15) is 9.59 Å². The summed E-state index contributed by atoms with van der Waals surface area (Å²) in [5.74, 6) is 0.0545. The van der Waals surface area contributed by atoms with E-state index in [4.69, 9.17) is 0 Å². The van der Waals surface area contributed by atoms with Crippen molar-refractivity contribution in [1.82, 2.24) is 10.6 Å². The highest BCUT2D eigenvalue weighted by atomic mass is 35.5. The van der Waals surface area contributed by atoms with Crippen molar-refractivity contribution < 1.29 is 9.59 Å². The Morgan fingerprint density at radius 2 is 2.05 bits per heavy atom. The summed E-state index contributed by atoms with van der Waals surface area (Å²) in [5, 5.41) is 8.32. The van der Waals surface area contributed by atoms with Crippen LogP contribution >= 0.6 is 12.4 Å². The molecule has 0 aliphatic carbocycles. The first-order chi connectivity index (χ1) is 10.1. The number of hydrogen-bond donors (Lipinski definition) is 3. The third kappa shape index (κ3) is 5.11. The van der Waals surface area contributed by atoms with Crippen molar-refractivity contribution in [2.45, 2.75) is 13.8 Å². The Morgan fingerprint density at radius 3 is 2.77 bits per heavy atom. The summed E-state index contributed by atoms with van der Waals surface area (Å²) in [5.41, 5.74) is 2.00. The fraction of sp³-hybridized carbons (Fsp3) is 0.467. The van der Waals surface area contributed by atoms with Crippen LogP contribution in [0.3, 0.4) is 0 Å². The van der Waals surface area contributed by atoms with Gasteiger partial charge in [-0.25, -0.2) is 4.79 Å². The van der Waals surface area contributed by atoms with Crippen LogP contribution in [0.1, 0.15) is 13.8 Å². The molecule has 0 bridgehead atoms. The number of nitrogens with one attached hydrogen (secondary N) is 3. The van der Waals surface area contributed by atoms with E-state index in [0.717, 1.165) is 24.5 Å². The van der Waals surface area contributed by atoms with Crippen molar-refractivity contribution in [1.29, 1.82) is 0 Å². The molecular formula is C15H23ClN4O2. The van der Waals surface area contributed by atoms with E-state index in [1.54, 1.807) is 0 Å². The highest BCUT2D eigenvalue weighted by Gasteiger charge is 2.19. The van der Waals surface area contributed by atoms with Crippen molar-refractivity contribution in [3.63, 3.8) is 0 Å². The molecule has 1 aliphatic rings. The third-order valence-corrected chi connectivity index (χ3v) is 3.20. The number of benzene rings is 1. The number of hydrogen-bond acceptors (Lipinski definition) is 4. The second-order valence-corrected chi connectivity index (χ2v) is 5.52. The average molecular weight is 327 g/mol. The monoisotopic (exact) mass is 326 g/mol. The molecule has 0 spiro atoms. The SMILES string of the molecule is CC(C)CNC(=O)NC(=O)CN1CCNc2ccccc21.Cl. The van der Waals surface area contributed by atoms with E-state index < -0.39 is 6.03 Å². The molecule has 6 nitrogen and oxygen atoms in total. The first kappa shape index (κ1) is 18.1. The Hall–Kier alpha value is -1.95. The number of fused-ring (bicyclic) bond motifs is 1. The van der Waals surface area contributed by atoms with Crippen LogP contribution in [0, 0.1) is 5.92 Å². The minimum atomic E-state index is -0.433. The minimum Gasteiger partial charge on any atom is -0.382 e. The van der Waals surface area contributed by atoms with Gasteiger partial charge in [-0.3, -0.25) is 10.1 Å². The molecule has 2 rings (SSSR count). The number of halogens is 1. The Bertz CT molecular complexity index is 522. The molecule has 0 unspecified atom stereocenters. The van der Waals surface area contributed by atoms with Gasteiger partial charge in [-0.05, 0) is 18.1 Å². The highest BCUT2D eigenvalue weighted by Crippen LogP contribution is 2.27. The molecule has 1 heterocycles. The van der Waals surface area contributed by atoms with Crippen LogP contribution < -0.4 is 20.9 Å². The van der Waals surface area contributed by atoms with Crippen LogP contribution in [0.5, 0.6) is 0 Å². The number of carbonyl (C=O) groups is 2. The topological polar surface area (TPSA) is 73.5 Å². The molecule has 1 aliphatic heterocycles. The number of para-hydroxylation sites is 2. The van der Waals surface area contributed by atoms with E-state index in [1.807, 2.05) is 43.0 Å². The summed E-state index contributed by atoms with van der Waals surface area (Å²) >= 11 is 0. The molecule has 22 heavy (non-hydrogen) atoms. The van der Waals surface area contributed by atoms with Gasteiger partial charge in [0.1, 0.15) is 0 Å². The van der Waals surface area contributed by atoms with Crippen molar-refractivity contribution >= 4 is 35.7 Å². The standard InChI is InChI=1S/C15H22N4O2.ClH/c1-11(2)9-17-15(21)18-14(20)10-19-8-7-16-12-5-3-4-6-13(12)19;/h3-6,11,16H,7-10H2,1-2H3,(H2,17,18,20,21);1H. The van der Waals surface area contributed by atoms with Crippen LogP contribution in [0.4, 0.5) is 16.2 Å². The summed E-state index contributed by atoms with van der Waals surface area (Å²) in [4.78, 5) is 25.5. The lowest BCUT2D eigenvalue weighted by Gasteiger charge is -2.31. The van der Waals surface area contributed by atoms with Gasteiger partial charge >= 0.3 is 6.03 Å². The molecule has 7 heteroatoms. The Kier molecular flexibility index (Phi) is 6.98. The maximum Gasteiger partial charge on any atom is 0.321 e. The molecule has 0 radical (unpaired) electrons. The molecule has 0 aromatic heterocycles. The predicted molar refractivity (Wildman–Crippen MR) is 90.8 cm³/mol. The van der Waals surface area contributed by atoms with Crippen LogP contribution in [0.15, 0.2) is 24.3 Å². The van der Waals surface area contributed by atoms with Crippen LogP contribution in [-0.4, -0.2) is 38.1 Å². The summed E-state index contributed by atoms with van der Waals surface area (Å²) in [6.07, 6.45) is 0. The lowest BCUT2D eigenvalue weighted by atomic mass is 10.2. The van der Waals surface area contributed by atoms with Gasteiger partial charge < -0.3 is 15.5 Å². The van der Waals surface area contributed by atoms with Gasteiger partial charge in [0.25, 0.3) is 0 Å². The minimum absolute atomic E-state index is 0. The molecule has 1 aromatic carbocycles. The van der Waals surface area contributed by atoms with Crippen LogP contribution in [-0.2, 0) is 4.79 Å². The maximum atomic E-state index is 11.9. The van der Waals surface area contributed by atoms with Gasteiger partial charge in [0.15, 0.2) is 0 Å². The first-order valence-electron chi connectivity index (χ1n) is 7.22. The number of imide groups is 1. The molecule has 3 N–H and O–H groups in total. The zero-order valence-corrected chi connectivity index (χ0v) is 13.7. The number of anilines is 2. The van der Waals surface area contributed by atoms with E-state index in [0.29, 0.717) is 12.5 Å². The molecule has 0 saturated carbocycles. The predicted octanol–water partition coefficient (Wildman–Crippen LogP) is 1.82. The van der Waals surface area contributed by atoms with E-state index in [2.05, 4.69) is 16.0 Å². The molecule has 0 saturated heterocycles. The summed E-state index contributed by atoms with van der Waals surface area (Å²) in [6.45, 7) is 6.24. The van der Waals surface area contributed by atoms with Crippen molar-refractivity contribution in [3.05, 3.63) is 24.3 Å². The largest absolute Gasteiger partial charge is 0.382 e. The molecular weight excluding hydrogens is 304 g/mol. The fourth-order valence-corrected chi connectivity index (χ4v) is 2.19. The number of amides is 3. The number of rotatable bonds is 4. The van der Waals surface area contributed by atoms with E-state index in [1.165, 1.54) is 0 Å². The molecule has 122 valence electrons. The van der Waals surface area contributed by atoms with Gasteiger partial charge in [-0.2, -0.15) is 0 Å².